The number of unbranched alkanes of at least 4 members (excludes halogenated alkanes) is 42. The van der Waals surface area contributed by atoms with Crippen LogP contribution in [0.15, 0.2) is 0 Å². The average molecular weight is 819 g/mol. The Morgan fingerprint density at radius 2 is 0.466 bits per heavy atom. The number of nitrogens with zero attached hydrogens (tertiary/aromatic N) is 1. The van der Waals surface area contributed by atoms with Gasteiger partial charge in [0.1, 0.15) is 19.6 Å². The molecule has 1 N–H and O–H groups in total. The van der Waals surface area contributed by atoms with Crippen molar-refractivity contribution in [2.75, 3.05) is 19.6 Å². The second-order valence-electron chi connectivity index (χ2n) is 19.5. The van der Waals surface area contributed by atoms with Crippen LogP contribution in [0.25, 0.3) is 0 Å². The third-order valence-corrected chi connectivity index (χ3v) is 13.4. The summed E-state index contributed by atoms with van der Waals surface area (Å²) in [6.07, 6.45) is 64.7. The Bertz CT molecular complexity index is 769. The predicted octanol–water partition coefficient (Wildman–Crippen LogP) is 19.2. The lowest BCUT2D eigenvalue weighted by Gasteiger charge is -2.38. The molecular weight excluding hydrogens is 705 g/mol. The summed E-state index contributed by atoms with van der Waals surface area (Å²) in [4.78, 5) is 13.5. The number of nitrogens with one attached hydrogen (secondary N) is 1. The third-order valence-electron chi connectivity index (χ3n) is 13.4. The SMILES string of the molecule is CCCCCCCCCCCCCCCCCC[N+](CCC)(CCCCCCCCCCCCCCCC)NC(=O)CCCCCCCCCCCCCCCCC. The van der Waals surface area contributed by atoms with E-state index >= 15 is 0 Å². The molecule has 0 aliphatic rings. The van der Waals surface area contributed by atoms with Gasteiger partial charge in [-0.3, -0.25) is 4.79 Å². The maximum atomic E-state index is 13.5. The molecule has 0 aromatic carbocycles. The van der Waals surface area contributed by atoms with Crippen molar-refractivity contribution in [2.24, 2.45) is 0 Å². The summed E-state index contributed by atoms with van der Waals surface area (Å²) >= 11 is 0. The van der Waals surface area contributed by atoms with Crippen molar-refractivity contribution in [1.82, 2.24) is 5.43 Å². The van der Waals surface area contributed by atoms with Gasteiger partial charge in [0, 0.05) is 6.42 Å². The number of hydrogen-bond acceptors (Lipinski definition) is 1. The van der Waals surface area contributed by atoms with Crippen LogP contribution in [0.1, 0.15) is 329 Å². The highest BCUT2D eigenvalue weighted by atomic mass is 16.2. The number of quaternary nitrogens is 1. The summed E-state index contributed by atoms with van der Waals surface area (Å²) in [5, 5.41) is 0. The highest BCUT2D eigenvalue weighted by Crippen LogP contribution is 2.19. The Balaban J connectivity index is 4.43. The van der Waals surface area contributed by atoms with Gasteiger partial charge >= 0.3 is 0 Å². The van der Waals surface area contributed by atoms with Crippen molar-refractivity contribution in [1.29, 1.82) is 0 Å². The number of carbonyl (C=O) groups is 1. The predicted molar refractivity (Wildman–Crippen MR) is 263 cm³/mol. The minimum absolute atomic E-state index is 0.324. The molecule has 0 aliphatic carbocycles. The second kappa shape index (κ2) is 49.1. The fourth-order valence-electron chi connectivity index (χ4n) is 9.48. The van der Waals surface area contributed by atoms with Crippen LogP contribution >= 0.6 is 0 Å². The van der Waals surface area contributed by atoms with Crippen molar-refractivity contribution in [3.8, 4) is 0 Å². The van der Waals surface area contributed by atoms with Crippen LogP contribution in [0.4, 0.5) is 0 Å². The van der Waals surface area contributed by atoms with Crippen molar-refractivity contribution >= 4 is 5.91 Å². The molecule has 58 heavy (non-hydrogen) atoms. The van der Waals surface area contributed by atoms with Crippen molar-refractivity contribution in [3.63, 3.8) is 0 Å². The molecule has 3 heteroatoms. The number of carbonyl (C=O) groups excluding carboxylic acids is 1. The summed E-state index contributed by atoms with van der Waals surface area (Å²) in [5.74, 6) is 0.324. The van der Waals surface area contributed by atoms with E-state index in [9.17, 15) is 4.79 Å². The van der Waals surface area contributed by atoms with Crippen molar-refractivity contribution in [3.05, 3.63) is 0 Å². The molecule has 1 amide bonds. The Labute approximate surface area is 368 Å². The van der Waals surface area contributed by atoms with Gasteiger partial charge in [-0.25, -0.2) is 10.0 Å². The van der Waals surface area contributed by atoms with E-state index in [0.717, 1.165) is 43.5 Å². The highest BCUT2D eigenvalue weighted by Gasteiger charge is 2.28. The van der Waals surface area contributed by atoms with E-state index in [1.165, 1.54) is 283 Å². The van der Waals surface area contributed by atoms with E-state index in [-0.39, 0.29) is 0 Å². The topological polar surface area (TPSA) is 29.1 Å². The minimum Gasteiger partial charge on any atom is -0.270 e. The third kappa shape index (κ3) is 43.5. The minimum atomic E-state index is 0.324. The Morgan fingerprint density at radius 1 is 0.259 bits per heavy atom. The monoisotopic (exact) mass is 818 g/mol. The van der Waals surface area contributed by atoms with Gasteiger partial charge in [0.05, 0.1) is 0 Å². The van der Waals surface area contributed by atoms with Gasteiger partial charge in [-0.2, -0.15) is 0 Å². The van der Waals surface area contributed by atoms with Crippen LogP contribution in [-0.2, 0) is 4.79 Å². The van der Waals surface area contributed by atoms with Crippen LogP contribution in [0.2, 0.25) is 0 Å². The van der Waals surface area contributed by atoms with Crippen LogP contribution in [-0.4, -0.2) is 30.1 Å². The molecule has 0 saturated heterocycles. The summed E-state index contributed by atoms with van der Waals surface area (Å²) in [6, 6.07) is 0. The summed E-state index contributed by atoms with van der Waals surface area (Å²) in [7, 11) is 0. The van der Waals surface area contributed by atoms with Gasteiger partial charge in [-0.1, -0.05) is 285 Å². The number of hydrogen-bond donors (Lipinski definition) is 1. The molecule has 0 aliphatic heterocycles. The quantitative estimate of drug-likeness (QED) is 0.0370. The molecule has 0 aromatic heterocycles. The fraction of sp³-hybridized carbons (Fsp3) is 0.982. The first kappa shape index (κ1) is 57.4. The summed E-state index contributed by atoms with van der Waals surface area (Å²) in [6.45, 7) is 12.6. The lowest BCUT2D eigenvalue weighted by Crippen LogP contribution is -2.61. The first-order valence-corrected chi connectivity index (χ1v) is 27.8. The molecule has 0 rings (SSSR count). The fourth-order valence-corrected chi connectivity index (χ4v) is 9.48. The molecule has 0 aromatic rings. The number of amides is 1. The molecule has 1 atom stereocenters. The zero-order chi connectivity index (χ0) is 42.1. The molecule has 0 fully saturated rings. The molecule has 0 saturated carbocycles. The maximum absolute atomic E-state index is 13.5. The van der Waals surface area contributed by atoms with E-state index in [2.05, 4.69) is 33.1 Å². The molecular formula is C55H113N2O+. The first-order chi connectivity index (χ1) is 28.6. The van der Waals surface area contributed by atoms with Crippen LogP contribution < -0.4 is 5.43 Å². The van der Waals surface area contributed by atoms with Gasteiger partial charge in [0.15, 0.2) is 0 Å². The Morgan fingerprint density at radius 3 is 0.690 bits per heavy atom. The van der Waals surface area contributed by atoms with Gasteiger partial charge in [-0.05, 0) is 38.5 Å². The largest absolute Gasteiger partial charge is 0.270 e. The lowest BCUT2D eigenvalue weighted by atomic mass is 10.0. The molecule has 0 spiro atoms. The molecule has 1 unspecified atom stereocenters. The maximum Gasteiger partial charge on any atom is 0.264 e. The normalized spacial score (nSPS) is 12.7. The van der Waals surface area contributed by atoms with E-state index in [1.54, 1.807) is 0 Å². The van der Waals surface area contributed by atoms with E-state index in [4.69, 9.17) is 0 Å². The second-order valence-corrected chi connectivity index (χ2v) is 19.5. The Hall–Kier alpha value is -0.570. The van der Waals surface area contributed by atoms with Gasteiger partial charge in [0.25, 0.3) is 5.91 Å². The summed E-state index contributed by atoms with van der Waals surface area (Å²) in [5.41, 5.74) is 3.68. The van der Waals surface area contributed by atoms with Crippen LogP contribution in [0.3, 0.4) is 0 Å². The molecule has 0 bridgehead atoms. The molecule has 0 radical (unpaired) electrons. The molecule has 348 valence electrons. The highest BCUT2D eigenvalue weighted by molar-refractivity contribution is 5.74. The smallest absolute Gasteiger partial charge is 0.264 e. The van der Waals surface area contributed by atoms with E-state index < -0.39 is 0 Å². The van der Waals surface area contributed by atoms with Crippen molar-refractivity contribution < 1.29 is 9.39 Å². The lowest BCUT2D eigenvalue weighted by molar-refractivity contribution is -0.961. The van der Waals surface area contributed by atoms with Gasteiger partial charge in [0.2, 0.25) is 0 Å². The van der Waals surface area contributed by atoms with E-state index in [1.807, 2.05) is 0 Å². The summed E-state index contributed by atoms with van der Waals surface area (Å²) < 4.78 is 0.852. The average Bonchev–Trinajstić information content (AvgIpc) is 3.22. The van der Waals surface area contributed by atoms with Crippen LogP contribution in [0.5, 0.6) is 0 Å². The zero-order valence-corrected chi connectivity index (χ0v) is 41.2. The standard InChI is InChI=1S/C55H112N2O/c1-5-9-12-15-18-21-24-27-30-32-35-38-41-44-47-50-54-57(52-8-4,53-49-46-43-40-37-34-29-26-23-20-17-14-11-7-3)56-55(58)51-48-45-42-39-36-33-31-28-25-22-19-16-13-10-6-2/h5-54H2,1-4H3/p+1. The zero-order valence-electron chi connectivity index (χ0n) is 41.2. The van der Waals surface area contributed by atoms with Gasteiger partial charge in [-0.15, -0.1) is 0 Å². The van der Waals surface area contributed by atoms with Crippen molar-refractivity contribution in [2.45, 2.75) is 329 Å². The van der Waals surface area contributed by atoms with E-state index in [0.29, 0.717) is 5.91 Å². The molecule has 3 nitrogen and oxygen atoms in total. The number of rotatable bonds is 51. The first-order valence-electron chi connectivity index (χ1n) is 27.8. The van der Waals surface area contributed by atoms with Gasteiger partial charge < -0.3 is 0 Å². The van der Waals surface area contributed by atoms with Crippen LogP contribution in [0, 0.1) is 0 Å². The Kier molecular flexibility index (Phi) is 48.6. The molecule has 0 heterocycles.